The van der Waals surface area contributed by atoms with Crippen LogP contribution in [-0.2, 0) is 10.0 Å². The zero-order valence-corrected chi connectivity index (χ0v) is 11.9. The van der Waals surface area contributed by atoms with E-state index in [1.165, 1.54) is 6.92 Å². The fourth-order valence-electron chi connectivity index (χ4n) is 1.55. The minimum absolute atomic E-state index is 0.0855. The maximum atomic E-state index is 13.5. The summed E-state index contributed by atoms with van der Waals surface area (Å²) in [6, 6.07) is 0.490. The third kappa shape index (κ3) is 4.69. The van der Waals surface area contributed by atoms with Crippen LogP contribution in [-0.4, -0.2) is 31.1 Å². The maximum Gasteiger partial charge on any atom is 0.306 e. The number of nitrogens with zero attached hydrogens (tertiary/aromatic N) is 1. The first kappa shape index (κ1) is 17.4. The molecule has 118 valence electrons. The number of sulfonamides is 1. The summed E-state index contributed by atoms with van der Waals surface area (Å²) in [5.41, 5.74) is -1.12. The largest absolute Gasteiger partial charge is 0.393 e. The monoisotopic (exact) mass is 324 g/mol. The summed E-state index contributed by atoms with van der Waals surface area (Å²) in [6.07, 6.45) is 0.00857. The zero-order valence-electron chi connectivity index (χ0n) is 11.0. The van der Waals surface area contributed by atoms with Crippen molar-refractivity contribution in [1.82, 2.24) is 4.72 Å². The Morgan fingerprint density at radius 3 is 2.52 bits per heavy atom. The van der Waals surface area contributed by atoms with Gasteiger partial charge in [-0.15, -0.1) is 0 Å². The van der Waals surface area contributed by atoms with Crippen LogP contribution in [0.15, 0.2) is 17.0 Å². The summed E-state index contributed by atoms with van der Waals surface area (Å²) in [4.78, 5) is 8.42. The van der Waals surface area contributed by atoms with Crippen molar-refractivity contribution in [3.8, 4) is 0 Å². The molecule has 21 heavy (non-hydrogen) atoms. The normalized spacial score (nSPS) is 13.1. The van der Waals surface area contributed by atoms with Gasteiger partial charge in [0.25, 0.3) is 0 Å². The van der Waals surface area contributed by atoms with Crippen molar-refractivity contribution in [3.05, 3.63) is 33.9 Å². The lowest BCUT2D eigenvalue weighted by atomic mass is 10.2. The Bertz CT molecular complexity index is 634. The molecule has 0 saturated carbocycles. The Morgan fingerprint density at radius 2 is 2.00 bits per heavy atom. The Morgan fingerprint density at radius 1 is 1.38 bits per heavy atom. The molecule has 0 aliphatic carbocycles. The lowest BCUT2D eigenvalue weighted by Gasteiger charge is -2.08. The summed E-state index contributed by atoms with van der Waals surface area (Å²) in [5, 5.41) is 19.6. The topological polar surface area (TPSA) is 110 Å². The van der Waals surface area contributed by atoms with E-state index >= 15 is 0 Å². The van der Waals surface area contributed by atoms with Gasteiger partial charge >= 0.3 is 5.69 Å². The van der Waals surface area contributed by atoms with Crippen molar-refractivity contribution < 1.29 is 27.2 Å². The standard InChI is InChI=1S/C11H14F2N2O5S/c1-7(16)3-2-4-14-21(19,20)11-6-10(15(17)18)8(12)5-9(11)13/h5-7,14,16H,2-4H2,1H3. The Labute approximate surface area is 119 Å². The first-order chi connectivity index (χ1) is 9.65. The van der Waals surface area contributed by atoms with Gasteiger partial charge in [-0.2, -0.15) is 4.39 Å². The number of nitro benzene ring substituents is 1. The molecule has 7 nitrogen and oxygen atoms in total. The van der Waals surface area contributed by atoms with Crippen LogP contribution in [0.25, 0.3) is 0 Å². The van der Waals surface area contributed by atoms with E-state index in [0.717, 1.165) is 0 Å². The summed E-state index contributed by atoms with van der Waals surface area (Å²) < 4.78 is 52.3. The molecular formula is C11H14F2N2O5S. The molecule has 1 unspecified atom stereocenters. The number of halogens is 2. The second-order valence-electron chi connectivity index (χ2n) is 4.38. The zero-order chi connectivity index (χ0) is 16.2. The Hall–Kier alpha value is -1.65. The van der Waals surface area contributed by atoms with Gasteiger partial charge in [0.05, 0.1) is 11.0 Å². The molecule has 0 amide bonds. The average Bonchev–Trinajstić information content (AvgIpc) is 2.33. The van der Waals surface area contributed by atoms with E-state index < -0.39 is 43.3 Å². The molecule has 1 aromatic rings. The van der Waals surface area contributed by atoms with Crippen molar-refractivity contribution in [1.29, 1.82) is 0 Å². The number of aliphatic hydroxyl groups excluding tert-OH is 1. The second kappa shape index (κ2) is 6.87. The molecule has 1 atom stereocenters. The third-order valence-electron chi connectivity index (χ3n) is 2.58. The van der Waals surface area contributed by atoms with Gasteiger partial charge in [-0.05, 0) is 19.8 Å². The number of nitro groups is 1. The van der Waals surface area contributed by atoms with Crippen LogP contribution in [0.3, 0.4) is 0 Å². The number of rotatable bonds is 7. The predicted octanol–water partition coefficient (Wildman–Crippen LogP) is 1.31. The molecule has 2 N–H and O–H groups in total. The van der Waals surface area contributed by atoms with E-state index in [-0.39, 0.29) is 12.6 Å². The molecule has 0 heterocycles. The quantitative estimate of drug-likeness (QED) is 0.446. The van der Waals surface area contributed by atoms with Gasteiger partial charge in [-0.3, -0.25) is 10.1 Å². The smallest absolute Gasteiger partial charge is 0.306 e. The number of nitrogens with one attached hydrogen (secondary N) is 1. The van der Waals surface area contributed by atoms with Crippen LogP contribution < -0.4 is 4.72 Å². The van der Waals surface area contributed by atoms with Crippen LogP contribution in [0.4, 0.5) is 14.5 Å². The molecule has 0 fully saturated rings. The molecule has 0 aromatic heterocycles. The fourth-order valence-corrected chi connectivity index (χ4v) is 2.70. The molecule has 0 aliphatic rings. The highest BCUT2D eigenvalue weighted by Gasteiger charge is 2.26. The highest BCUT2D eigenvalue weighted by atomic mass is 32.2. The van der Waals surface area contributed by atoms with Crippen LogP contribution >= 0.6 is 0 Å². The second-order valence-corrected chi connectivity index (χ2v) is 6.12. The summed E-state index contributed by atoms with van der Waals surface area (Å²) >= 11 is 0. The van der Waals surface area contributed by atoms with E-state index in [1.54, 1.807) is 0 Å². The van der Waals surface area contributed by atoms with Gasteiger partial charge in [0.15, 0.2) is 0 Å². The van der Waals surface area contributed by atoms with Crippen molar-refractivity contribution >= 4 is 15.7 Å². The summed E-state index contributed by atoms with van der Waals surface area (Å²) in [6.45, 7) is 1.44. The minimum Gasteiger partial charge on any atom is -0.393 e. The van der Waals surface area contributed by atoms with Gasteiger partial charge in [0.1, 0.15) is 10.7 Å². The van der Waals surface area contributed by atoms with Crippen LogP contribution in [0.2, 0.25) is 0 Å². The van der Waals surface area contributed by atoms with Crippen molar-refractivity contribution in [2.24, 2.45) is 0 Å². The van der Waals surface area contributed by atoms with E-state index in [2.05, 4.69) is 0 Å². The summed E-state index contributed by atoms with van der Waals surface area (Å²) in [7, 11) is -4.34. The van der Waals surface area contributed by atoms with Gasteiger partial charge in [0, 0.05) is 18.7 Å². The molecule has 0 aliphatic heterocycles. The molecule has 0 spiro atoms. The van der Waals surface area contributed by atoms with Gasteiger partial charge in [-0.25, -0.2) is 17.5 Å². The highest BCUT2D eigenvalue weighted by Crippen LogP contribution is 2.24. The molecule has 0 bridgehead atoms. The molecular weight excluding hydrogens is 310 g/mol. The molecule has 0 radical (unpaired) electrons. The van der Waals surface area contributed by atoms with E-state index in [9.17, 15) is 27.3 Å². The fraction of sp³-hybridized carbons (Fsp3) is 0.455. The molecule has 1 aromatic carbocycles. The Kier molecular flexibility index (Phi) is 5.70. The van der Waals surface area contributed by atoms with Gasteiger partial charge in [0.2, 0.25) is 15.8 Å². The van der Waals surface area contributed by atoms with E-state index in [4.69, 9.17) is 5.11 Å². The van der Waals surface area contributed by atoms with Crippen LogP contribution in [0, 0.1) is 21.7 Å². The van der Waals surface area contributed by atoms with Crippen molar-refractivity contribution in [2.75, 3.05) is 6.54 Å². The SMILES string of the molecule is CC(O)CCCNS(=O)(=O)c1cc([N+](=O)[O-])c(F)cc1F. The predicted molar refractivity (Wildman–Crippen MR) is 69.1 cm³/mol. The van der Waals surface area contributed by atoms with Crippen molar-refractivity contribution in [2.45, 2.75) is 30.8 Å². The number of aliphatic hydroxyl groups is 1. The third-order valence-corrected chi connectivity index (χ3v) is 4.05. The van der Waals surface area contributed by atoms with E-state index in [0.29, 0.717) is 18.9 Å². The molecule has 1 rings (SSSR count). The van der Waals surface area contributed by atoms with Gasteiger partial charge < -0.3 is 5.11 Å². The number of hydrogen-bond acceptors (Lipinski definition) is 5. The van der Waals surface area contributed by atoms with Crippen LogP contribution in [0.1, 0.15) is 19.8 Å². The first-order valence-corrected chi connectivity index (χ1v) is 7.44. The maximum absolute atomic E-state index is 13.5. The van der Waals surface area contributed by atoms with E-state index in [1.807, 2.05) is 4.72 Å². The minimum atomic E-state index is -4.34. The lowest BCUT2D eigenvalue weighted by Crippen LogP contribution is -2.26. The lowest BCUT2D eigenvalue weighted by molar-refractivity contribution is -0.387. The Balaban J connectivity index is 2.97. The van der Waals surface area contributed by atoms with Crippen molar-refractivity contribution in [3.63, 3.8) is 0 Å². The molecule has 0 saturated heterocycles. The average molecular weight is 324 g/mol. The highest BCUT2D eigenvalue weighted by molar-refractivity contribution is 7.89. The van der Waals surface area contributed by atoms with Gasteiger partial charge in [-0.1, -0.05) is 0 Å². The first-order valence-electron chi connectivity index (χ1n) is 5.96. The number of hydrogen-bond donors (Lipinski definition) is 2. The summed E-state index contributed by atoms with van der Waals surface area (Å²) in [5.74, 6) is -2.87. The number of benzene rings is 1. The van der Waals surface area contributed by atoms with Crippen LogP contribution in [0.5, 0.6) is 0 Å². The molecule has 10 heteroatoms.